The van der Waals surface area contributed by atoms with Gasteiger partial charge in [-0.15, -0.1) is 11.3 Å². The first-order valence-electron chi connectivity index (χ1n) is 12.3. The Morgan fingerprint density at radius 2 is 1.87 bits per heavy atom. The van der Waals surface area contributed by atoms with E-state index in [2.05, 4.69) is 10.3 Å². The van der Waals surface area contributed by atoms with E-state index < -0.39 is 36.4 Å². The van der Waals surface area contributed by atoms with Gasteiger partial charge in [0.2, 0.25) is 12.6 Å². The van der Waals surface area contributed by atoms with Gasteiger partial charge in [0.05, 0.1) is 23.3 Å². The Morgan fingerprint density at radius 1 is 1.15 bits per heavy atom. The molecule has 12 heteroatoms. The van der Waals surface area contributed by atoms with Crippen LogP contribution in [-0.2, 0) is 13.0 Å². The van der Waals surface area contributed by atoms with Gasteiger partial charge in [-0.2, -0.15) is 0 Å². The third-order valence-corrected chi connectivity index (χ3v) is 7.00. The summed E-state index contributed by atoms with van der Waals surface area (Å²) in [6, 6.07) is 9.79. The summed E-state index contributed by atoms with van der Waals surface area (Å²) in [5, 5.41) is 36.6. The summed E-state index contributed by atoms with van der Waals surface area (Å²) in [4.78, 5) is 30.5. The van der Waals surface area contributed by atoms with Crippen molar-refractivity contribution in [2.24, 2.45) is 0 Å². The molecule has 3 aromatic rings. The molecule has 2 heterocycles. The molecule has 0 bridgehead atoms. The molecule has 1 unspecified atom stereocenters. The first-order valence-corrected chi connectivity index (χ1v) is 13.2. The first kappa shape index (κ1) is 28.1. The molecular weight excluding hydrogens is 526 g/mol. The maximum absolute atomic E-state index is 13.3. The second-order valence-corrected chi connectivity index (χ2v) is 10.5. The number of hydrogen-bond acceptors (Lipinski definition) is 9. The molecule has 2 aromatic carbocycles. The number of carbonyl (C=O) groups is 2. The second kappa shape index (κ2) is 11.9. The zero-order valence-corrected chi connectivity index (χ0v) is 22.6. The Bertz CT molecular complexity index is 1310. The number of aliphatic hydroxyl groups is 2. The van der Waals surface area contributed by atoms with Crippen LogP contribution >= 0.6 is 11.3 Å². The van der Waals surface area contributed by atoms with Crippen molar-refractivity contribution in [3.8, 4) is 17.2 Å². The van der Waals surface area contributed by atoms with Crippen molar-refractivity contribution in [3.63, 3.8) is 0 Å². The normalized spacial score (nSPS) is 13.3. The number of nitrogens with zero attached hydrogens (tertiary/aromatic N) is 2. The number of carboxylic acid groups (broad SMARTS) is 1. The summed E-state index contributed by atoms with van der Waals surface area (Å²) in [6.07, 6.45) is -1.47. The number of aryl methyl sites for hydroxylation is 1. The lowest BCUT2D eigenvalue weighted by Gasteiger charge is -2.37. The monoisotopic (exact) mass is 557 g/mol. The number of benzene rings is 2. The van der Waals surface area contributed by atoms with Gasteiger partial charge in [-0.25, -0.2) is 9.78 Å². The standard InChI is InChI=1S/C27H31N3O8S/c1-16(2)30(25(31)19-6-9-22-23(11-19)38-15-37-22)14-27(34,35)24(29-26(32)33)10-18-4-7-21(8-5-18)36-12-20-13-39-17(3)28-20/h4-9,11,13,16,24,29,34-35H,10,12,14-15H2,1-3H3,(H,32,33). The summed E-state index contributed by atoms with van der Waals surface area (Å²) >= 11 is 1.54. The Kier molecular flexibility index (Phi) is 8.58. The van der Waals surface area contributed by atoms with E-state index in [-0.39, 0.29) is 18.8 Å². The quantitative estimate of drug-likeness (QED) is 0.261. The molecule has 1 aliphatic rings. The molecule has 11 nitrogen and oxygen atoms in total. The number of hydrogen-bond donors (Lipinski definition) is 4. The van der Waals surface area contributed by atoms with Crippen molar-refractivity contribution in [1.29, 1.82) is 0 Å². The van der Waals surface area contributed by atoms with E-state index in [1.54, 1.807) is 50.2 Å². The molecular formula is C27H31N3O8S. The van der Waals surface area contributed by atoms with Crippen LogP contribution in [-0.4, -0.2) is 68.4 Å². The molecule has 1 aromatic heterocycles. The minimum absolute atomic E-state index is 0.0466. The fourth-order valence-electron chi connectivity index (χ4n) is 4.11. The zero-order valence-electron chi connectivity index (χ0n) is 21.8. The molecule has 208 valence electrons. The molecule has 2 amide bonds. The number of fused-ring (bicyclic) bond motifs is 1. The maximum Gasteiger partial charge on any atom is 0.405 e. The van der Waals surface area contributed by atoms with E-state index >= 15 is 0 Å². The van der Waals surface area contributed by atoms with Crippen molar-refractivity contribution in [2.75, 3.05) is 13.3 Å². The molecule has 39 heavy (non-hydrogen) atoms. The topological polar surface area (TPSA) is 151 Å². The van der Waals surface area contributed by atoms with Crippen LogP contribution in [0.3, 0.4) is 0 Å². The van der Waals surface area contributed by atoms with E-state index in [1.807, 2.05) is 12.3 Å². The zero-order chi connectivity index (χ0) is 28.2. The Balaban J connectivity index is 1.46. The lowest BCUT2D eigenvalue weighted by atomic mass is 9.97. The van der Waals surface area contributed by atoms with E-state index in [0.717, 1.165) is 10.7 Å². The molecule has 0 radical (unpaired) electrons. The van der Waals surface area contributed by atoms with Crippen LogP contribution in [0.25, 0.3) is 0 Å². The van der Waals surface area contributed by atoms with Crippen LogP contribution in [0, 0.1) is 6.92 Å². The van der Waals surface area contributed by atoms with Gasteiger partial charge in [0.15, 0.2) is 11.5 Å². The van der Waals surface area contributed by atoms with Gasteiger partial charge in [0.25, 0.3) is 5.91 Å². The molecule has 1 atom stereocenters. The predicted octanol–water partition coefficient (Wildman–Crippen LogP) is 3.17. The molecule has 0 fully saturated rings. The van der Waals surface area contributed by atoms with Crippen LogP contribution < -0.4 is 19.5 Å². The van der Waals surface area contributed by atoms with E-state index in [4.69, 9.17) is 14.2 Å². The Hall–Kier alpha value is -3.87. The summed E-state index contributed by atoms with van der Waals surface area (Å²) in [5.41, 5.74) is 1.73. The molecule has 0 saturated carbocycles. The number of amides is 2. The van der Waals surface area contributed by atoms with Gasteiger partial charge >= 0.3 is 6.09 Å². The van der Waals surface area contributed by atoms with Crippen LogP contribution in [0.1, 0.15) is 40.5 Å². The molecule has 0 spiro atoms. The largest absolute Gasteiger partial charge is 0.487 e. The molecule has 0 aliphatic carbocycles. The number of aromatic nitrogens is 1. The number of ether oxygens (including phenoxy) is 3. The fraction of sp³-hybridized carbons (Fsp3) is 0.370. The summed E-state index contributed by atoms with van der Waals surface area (Å²) in [5.74, 6) is -1.54. The SMILES string of the molecule is Cc1nc(COc2ccc(CC(NC(=O)O)C(O)(O)CN(C(=O)c3ccc4c(c3)OCO4)C(C)C)cc2)cs1. The highest BCUT2D eigenvalue weighted by Gasteiger charge is 2.40. The third-order valence-electron chi connectivity index (χ3n) is 6.18. The van der Waals surface area contributed by atoms with Crippen LogP contribution in [0.2, 0.25) is 0 Å². The minimum atomic E-state index is -2.59. The summed E-state index contributed by atoms with van der Waals surface area (Å²) < 4.78 is 16.4. The lowest BCUT2D eigenvalue weighted by Crippen LogP contribution is -2.60. The maximum atomic E-state index is 13.3. The average Bonchev–Trinajstić information content (AvgIpc) is 3.53. The third kappa shape index (κ3) is 7.16. The van der Waals surface area contributed by atoms with Gasteiger partial charge < -0.3 is 39.7 Å². The highest BCUT2D eigenvalue weighted by atomic mass is 32.1. The summed E-state index contributed by atoms with van der Waals surface area (Å²) in [7, 11) is 0. The smallest absolute Gasteiger partial charge is 0.405 e. The van der Waals surface area contributed by atoms with Gasteiger partial charge in [-0.3, -0.25) is 4.79 Å². The van der Waals surface area contributed by atoms with Crippen molar-refractivity contribution in [3.05, 3.63) is 69.7 Å². The summed E-state index contributed by atoms with van der Waals surface area (Å²) in [6.45, 7) is 5.19. The van der Waals surface area contributed by atoms with Crippen molar-refractivity contribution in [1.82, 2.24) is 15.2 Å². The Labute approximate surface area is 229 Å². The fourth-order valence-corrected chi connectivity index (χ4v) is 4.71. The Morgan fingerprint density at radius 3 is 2.51 bits per heavy atom. The first-order chi connectivity index (χ1) is 18.5. The minimum Gasteiger partial charge on any atom is -0.487 e. The van der Waals surface area contributed by atoms with Gasteiger partial charge in [0, 0.05) is 17.0 Å². The average molecular weight is 558 g/mol. The van der Waals surface area contributed by atoms with Crippen molar-refractivity contribution < 1.29 is 39.1 Å². The van der Waals surface area contributed by atoms with Crippen LogP contribution in [0.4, 0.5) is 4.79 Å². The molecule has 4 N–H and O–H groups in total. The highest BCUT2D eigenvalue weighted by Crippen LogP contribution is 2.33. The number of thiazole rings is 1. The van der Waals surface area contributed by atoms with Crippen molar-refractivity contribution in [2.45, 2.75) is 51.7 Å². The predicted molar refractivity (Wildman–Crippen MR) is 142 cm³/mol. The van der Waals surface area contributed by atoms with Gasteiger partial charge in [-0.1, -0.05) is 12.1 Å². The van der Waals surface area contributed by atoms with Gasteiger partial charge in [-0.05, 0) is 63.1 Å². The number of carbonyl (C=O) groups excluding carboxylic acids is 1. The molecule has 0 saturated heterocycles. The highest BCUT2D eigenvalue weighted by molar-refractivity contribution is 7.09. The van der Waals surface area contributed by atoms with E-state index in [1.165, 1.54) is 22.3 Å². The van der Waals surface area contributed by atoms with E-state index in [0.29, 0.717) is 29.4 Å². The molecule has 4 rings (SSSR count). The van der Waals surface area contributed by atoms with Gasteiger partial charge in [0.1, 0.15) is 12.4 Å². The molecule has 1 aliphatic heterocycles. The number of rotatable bonds is 11. The van der Waals surface area contributed by atoms with Crippen LogP contribution in [0.15, 0.2) is 47.8 Å². The number of nitrogens with one attached hydrogen (secondary N) is 1. The second-order valence-electron chi connectivity index (χ2n) is 9.47. The lowest BCUT2D eigenvalue weighted by molar-refractivity contribution is -0.191. The van der Waals surface area contributed by atoms with Crippen molar-refractivity contribution >= 4 is 23.3 Å². The van der Waals surface area contributed by atoms with Crippen LogP contribution in [0.5, 0.6) is 17.2 Å². The van der Waals surface area contributed by atoms with E-state index in [9.17, 15) is 24.9 Å².